The molecule has 9 nitrogen and oxygen atoms in total. The summed E-state index contributed by atoms with van der Waals surface area (Å²) in [6.45, 7) is -0.912. The topological polar surface area (TPSA) is 122 Å². The van der Waals surface area contributed by atoms with E-state index in [-0.39, 0.29) is 28.6 Å². The molecule has 1 amide bonds. The number of nitrogens with one attached hydrogen (secondary N) is 1. The van der Waals surface area contributed by atoms with E-state index in [9.17, 15) is 18.0 Å². The van der Waals surface area contributed by atoms with Crippen molar-refractivity contribution in [1.82, 2.24) is 0 Å². The van der Waals surface area contributed by atoms with Crippen LogP contribution in [0.5, 0.6) is 11.5 Å². The monoisotopic (exact) mass is 392 g/mol. The largest absolute Gasteiger partial charge is 0.495 e. The molecule has 0 spiro atoms. The number of carboxylic acids is 1. The van der Waals surface area contributed by atoms with Crippen LogP contribution in [0.25, 0.3) is 0 Å². The second kappa shape index (κ2) is 7.16. The number of amides is 1. The number of benzene rings is 2. The predicted molar refractivity (Wildman–Crippen MR) is 95.7 cm³/mol. The van der Waals surface area contributed by atoms with Crippen LogP contribution in [0.15, 0.2) is 47.4 Å². The van der Waals surface area contributed by atoms with Gasteiger partial charge in [0.2, 0.25) is 0 Å². The molecular weight excluding hydrogens is 376 g/mol. The lowest BCUT2D eigenvalue weighted by Gasteiger charge is -2.28. The van der Waals surface area contributed by atoms with Gasteiger partial charge < -0.3 is 14.6 Å². The summed E-state index contributed by atoms with van der Waals surface area (Å²) in [5.74, 6) is -1.23. The minimum absolute atomic E-state index is 0.0801. The number of carboxylic acid groups (broad SMARTS) is 1. The Balaban J connectivity index is 1.99. The molecule has 1 heterocycles. The normalized spacial score (nSPS) is 13.5. The molecule has 0 atom stereocenters. The van der Waals surface area contributed by atoms with Crippen molar-refractivity contribution in [2.75, 3.05) is 29.9 Å². The molecule has 27 heavy (non-hydrogen) atoms. The van der Waals surface area contributed by atoms with Gasteiger partial charge in [0.1, 0.15) is 18.0 Å². The van der Waals surface area contributed by atoms with E-state index in [2.05, 4.69) is 4.72 Å². The van der Waals surface area contributed by atoms with Gasteiger partial charge in [0.15, 0.2) is 6.61 Å². The molecule has 2 aromatic rings. The minimum atomic E-state index is -4.02. The maximum absolute atomic E-state index is 12.7. The third-order valence-corrected chi connectivity index (χ3v) is 5.19. The summed E-state index contributed by atoms with van der Waals surface area (Å²) >= 11 is 0. The van der Waals surface area contributed by atoms with Crippen LogP contribution in [0.2, 0.25) is 0 Å². The summed E-state index contributed by atoms with van der Waals surface area (Å²) in [6.07, 6.45) is 0. The van der Waals surface area contributed by atoms with Crippen molar-refractivity contribution in [2.45, 2.75) is 4.90 Å². The number of methoxy groups -OCH3 is 1. The molecule has 0 unspecified atom stereocenters. The number of carbonyl (C=O) groups is 2. The second-order valence-electron chi connectivity index (χ2n) is 5.60. The molecule has 0 bridgehead atoms. The third kappa shape index (κ3) is 3.80. The number of carbonyl (C=O) groups excluding carboxylic acids is 1. The van der Waals surface area contributed by atoms with Crippen molar-refractivity contribution in [2.24, 2.45) is 0 Å². The highest BCUT2D eigenvalue weighted by Crippen LogP contribution is 2.35. The fraction of sp³-hybridized carbons (Fsp3) is 0.176. The Hall–Kier alpha value is -3.27. The highest BCUT2D eigenvalue weighted by atomic mass is 32.2. The van der Waals surface area contributed by atoms with E-state index in [0.29, 0.717) is 5.75 Å². The van der Waals surface area contributed by atoms with Crippen LogP contribution < -0.4 is 19.1 Å². The molecule has 0 fully saturated rings. The van der Waals surface area contributed by atoms with E-state index in [1.807, 2.05) is 0 Å². The first kappa shape index (κ1) is 18.5. The standard InChI is InChI=1S/C17H16N2O7S/c1-25-14-5-3-2-4-12(14)18-27(23,24)11-6-7-15-13(8-11)19(9-17(21)22)16(20)10-26-15/h2-8,18H,9-10H2,1H3,(H,21,22). The summed E-state index contributed by atoms with van der Waals surface area (Å²) in [4.78, 5) is 23.8. The quantitative estimate of drug-likeness (QED) is 0.760. The van der Waals surface area contributed by atoms with Crippen LogP contribution in [0.1, 0.15) is 0 Å². The maximum Gasteiger partial charge on any atom is 0.323 e. The highest BCUT2D eigenvalue weighted by Gasteiger charge is 2.29. The van der Waals surface area contributed by atoms with E-state index in [0.717, 1.165) is 4.90 Å². The summed E-state index contributed by atoms with van der Waals surface area (Å²) < 4.78 is 38.3. The van der Waals surface area contributed by atoms with E-state index < -0.39 is 28.4 Å². The van der Waals surface area contributed by atoms with Crippen LogP contribution in [0.3, 0.4) is 0 Å². The molecule has 0 radical (unpaired) electrons. The zero-order valence-corrected chi connectivity index (χ0v) is 15.0. The smallest absolute Gasteiger partial charge is 0.323 e. The number of hydrogen-bond donors (Lipinski definition) is 2. The van der Waals surface area contributed by atoms with Crippen molar-refractivity contribution in [3.63, 3.8) is 0 Å². The van der Waals surface area contributed by atoms with Gasteiger partial charge >= 0.3 is 5.97 Å². The van der Waals surface area contributed by atoms with Crippen molar-refractivity contribution in [1.29, 1.82) is 0 Å². The second-order valence-corrected chi connectivity index (χ2v) is 7.28. The van der Waals surface area contributed by atoms with Crippen molar-refractivity contribution in [3.8, 4) is 11.5 Å². The first-order valence-corrected chi connectivity index (χ1v) is 9.25. The number of aliphatic carboxylic acids is 1. The third-order valence-electron chi connectivity index (χ3n) is 3.83. The van der Waals surface area contributed by atoms with Gasteiger partial charge in [-0.15, -0.1) is 0 Å². The lowest BCUT2D eigenvalue weighted by Crippen LogP contribution is -2.42. The Labute approximate surface area is 155 Å². The molecule has 0 saturated heterocycles. The Morgan fingerprint density at radius 2 is 2.04 bits per heavy atom. The van der Waals surface area contributed by atoms with Crippen LogP contribution in [-0.2, 0) is 19.6 Å². The van der Waals surface area contributed by atoms with Gasteiger partial charge in [-0.1, -0.05) is 12.1 Å². The Morgan fingerprint density at radius 1 is 1.30 bits per heavy atom. The summed E-state index contributed by atoms with van der Waals surface area (Å²) in [6, 6.07) is 10.4. The highest BCUT2D eigenvalue weighted by molar-refractivity contribution is 7.92. The average molecular weight is 392 g/mol. The maximum atomic E-state index is 12.7. The fourth-order valence-corrected chi connectivity index (χ4v) is 3.68. The zero-order valence-electron chi connectivity index (χ0n) is 14.2. The summed E-state index contributed by atoms with van der Waals surface area (Å²) in [5, 5.41) is 9.01. The van der Waals surface area contributed by atoms with Gasteiger partial charge in [0.05, 0.1) is 23.4 Å². The number of hydrogen-bond acceptors (Lipinski definition) is 6. The van der Waals surface area contributed by atoms with Crippen LogP contribution in [0.4, 0.5) is 11.4 Å². The molecule has 0 aliphatic carbocycles. The number of rotatable bonds is 6. The van der Waals surface area contributed by atoms with Gasteiger partial charge in [-0.05, 0) is 30.3 Å². The molecule has 1 aliphatic rings. The van der Waals surface area contributed by atoms with Crippen LogP contribution in [-0.4, -0.2) is 45.7 Å². The Bertz CT molecular complexity index is 1000. The molecule has 142 valence electrons. The van der Waals surface area contributed by atoms with Crippen LogP contribution in [0, 0.1) is 0 Å². The van der Waals surface area contributed by atoms with Crippen LogP contribution >= 0.6 is 0 Å². The van der Waals surface area contributed by atoms with Crippen molar-refractivity contribution in [3.05, 3.63) is 42.5 Å². The lowest BCUT2D eigenvalue weighted by molar-refractivity contribution is -0.137. The van der Waals surface area contributed by atoms with Gasteiger partial charge in [-0.2, -0.15) is 0 Å². The predicted octanol–water partition coefficient (Wildman–Crippen LogP) is 1.31. The van der Waals surface area contributed by atoms with E-state index in [4.69, 9.17) is 14.6 Å². The molecule has 3 rings (SSSR count). The summed E-state index contributed by atoms with van der Waals surface area (Å²) in [5.41, 5.74) is 0.323. The van der Waals surface area contributed by atoms with E-state index in [1.54, 1.807) is 18.2 Å². The minimum Gasteiger partial charge on any atom is -0.495 e. The first-order valence-electron chi connectivity index (χ1n) is 7.76. The number of ether oxygens (including phenoxy) is 2. The van der Waals surface area contributed by atoms with Gasteiger partial charge in [0, 0.05) is 0 Å². The molecule has 10 heteroatoms. The Kier molecular flexibility index (Phi) is 4.91. The lowest BCUT2D eigenvalue weighted by atomic mass is 10.2. The molecule has 1 aliphatic heterocycles. The molecule has 0 aromatic heterocycles. The summed E-state index contributed by atoms with van der Waals surface area (Å²) in [7, 11) is -2.60. The number of fused-ring (bicyclic) bond motifs is 1. The molecule has 0 saturated carbocycles. The first-order chi connectivity index (χ1) is 12.8. The van der Waals surface area contributed by atoms with E-state index in [1.165, 1.54) is 31.4 Å². The average Bonchev–Trinajstić information content (AvgIpc) is 2.63. The van der Waals surface area contributed by atoms with Crippen molar-refractivity contribution >= 4 is 33.3 Å². The Morgan fingerprint density at radius 3 is 2.74 bits per heavy atom. The van der Waals surface area contributed by atoms with Gasteiger partial charge in [-0.3, -0.25) is 19.2 Å². The number of sulfonamides is 1. The molecular formula is C17H16N2O7S. The number of nitrogens with zero attached hydrogens (tertiary/aromatic N) is 1. The zero-order chi connectivity index (χ0) is 19.6. The fourth-order valence-electron chi connectivity index (χ4n) is 2.59. The van der Waals surface area contributed by atoms with Gasteiger partial charge in [-0.25, -0.2) is 8.42 Å². The van der Waals surface area contributed by atoms with Gasteiger partial charge in [0.25, 0.3) is 15.9 Å². The van der Waals surface area contributed by atoms with Crippen molar-refractivity contribution < 1.29 is 32.6 Å². The van der Waals surface area contributed by atoms with E-state index >= 15 is 0 Å². The number of anilines is 2. The molecule has 2 N–H and O–H groups in total. The SMILES string of the molecule is COc1ccccc1NS(=O)(=O)c1ccc2c(c1)N(CC(=O)O)C(=O)CO2. The number of para-hydroxylation sites is 2. The molecule has 2 aromatic carbocycles.